The van der Waals surface area contributed by atoms with Crippen LogP contribution in [0.1, 0.15) is 18.2 Å². The van der Waals surface area contributed by atoms with Crippen molar-refractivity contribution in [3.8, 4) is 0 Å². The molecule has 15 heavy (non-hydrogen) atoms. The molecule has 1 aromatic heterocycles. The number of aromatic nitrogens is 2. The van der Waals surface area contributed by atoms with E-state index in [-0.39, 0.29) is 6.42 Å². The fourth-order valence-corrected chi connectivity index (χ4v) is 2.32. The van der Waals surface area contributed by atoms with Crippen molar-refractivity contribution in [1.82, 2.24) is 14.5 Å². The summed E-state index contributed by atoms with van der Waals surface area (Å²) < 4.78 is 30.2. The minimum atomic E-state index is -2.50. The molecule has 0 amide bonds. The van der Waals surface area contributed by atoms with Gasteiger partial charge in [0.05, 0.1) is 11.1 Å². The van der Waals surface area contributed by atoms with Crippen molar-refractivity contribution in [2.75, 3.05) is 13.1 Å². The average molecular weight is 233 g/mol. The predicted molar refractivity (Wildman–Crippen MR) is 53.9 cm³/mol. The van der Waals surface area contributed by atoms with E-state index < -0.39 is 11.8 Å². The first-order valence-electron chi connectivity index (χ1n) is 4.94. The molecular formula is C9H13F2N3S. The van der Waals surface area contributed by atoms with Gasteiger partial charge in [-0.25, -0.2) is 8.78 Å². The van der Waals surface area contributed by atoms with Crippen LogP contribution in [0.5, 0.6) is 0 Å². The van der Waals surface area contributed by atoms with E-state index >= 15 is 0 Å². The Labute approximate surface area is 91.3 Å². The molecule has 0 bridgehead atoms. The molecule has 0 spiro atoms. The Morgan fingerprint density at radius 2 is 2.47 bits per heavy atom. The van der Waals surface area contributed by atoms with Crippen molar-refractivity contribution in [1.29, 1.82) is 0 Å². The second kappa shape index (κ2) is 4.09. The minimum Gasteiger partial charge on any atom is -0.297 e. The quantitative estimate of drug-likeness (QED) is 0.782. The second-order valence-electron chi connectivity index (χ2n) is 4.03. The van der Waals surface area contributed by atoms with Crippen molar-refractivity contribution in [2.24, 2.45) is 5.92 Å². The molecule has 0 aromatic carbocycles. The van der Waals surface area contributed by atoms with Gasteiger partial charge < -0.3 is 0 Å². The second-order valence-corrected chi connectivity index (χ2v) is 4.90. The van der Waals surface area contributed by atoms with Crippen LogP contribution in [-0.4, -0.2) is 33.5 Å². The van der Waals surface area contributed by atoms with Crippen molar-refractivity contribution in [3.63, 3.8) is 0 Å². The molecule has 0 radical (unpaired) electrons. The highest BCUT2D eigenvalue weighted by molar-refractivity contribution is 7.05. The fourth-order valence-electron chi connectivity index (χ4n) is 1.79. The summed E-state index contributed by atoms with van der Waals surface area (Å²) in [6.45, 7) is 3.20. The topological polar surface area (TPSA) is 29.0 Å². The smallest absolute Gasteiger partial charge is 0.253 e. The van der Waals surface area contributed by atoms with E-state index in [4.69, 9.17) is 0 Å². The number of hydrogen-bond donors (Lipinski definition) is 0. The molecule has 1 unspecified atom stereocenters. The molecule has 6 heteroatoms. The van der Waals surface area contributed by atoms with E-state index in [0.29, 0.717) is 19.6 Å². The summed E-state index contributed by atoms with van der Waals surface area (Å²) in [5.74, 6) is -3.06. The van der Waals surface area contributed by atoms with Gasteiger partial charge in [-0.1, -0.05) is 11.4 Å². The Morgan fingerprint density at radius 3 is 3.07 bits per heavy atom. The monoisotopic (exact) mass is 233 g/mol. The molecule has 0 N–H and O–H groups in total. The van der Waals surface area contributed by atoms with Crippen LogP contribution >= 0.6 is 11.5 Å². The van der Waals surface area contributed by atoms with Gasteiger partial charge in [0.15, 0.2) is 0 Å². The van der Waals surface area contributed by atoms with Crippen molar-refractivity contribution >= 4 is 11.5 Å². The number of likely N-dealkylation sites (tertiary alicyclic amines) is 1. The van der Waals surface area contributed by atoms with Gasteiger partial charge in [0, 0.05) is 32.0 Å². The van der Waals surface area contributed by atoms with Gasteiger partial charge in [-0.05, 0) is 11.5 Å². The zero-order valence-corrected chi connectivity index (χ0v) is 9.31. The highest BCUT2D eigenvalue weighted by Crippen LogP contribution is 2.33. The molecule has 1 atom stereocenters. The Kier molecular flexibility index (Phi) is 2.97. The lowest BCUT2D eigenvalue weighted by molar-refractivity contribution is -0.100. The molecule has 0 saturated carbocycles. The predicted octanol–water partition coefficient (Wildman–Crippen LogP) is 2.02. The molecule has 0 aliphatic carbocycles. The Morgan fingerprint density at radius 1 is 1.67 bits per heavy atom. The molecule has 1 aromatic rings. The van der Waals surface area contributed by atoms with Gasteiger partial charge in [-0.15, -0.1) is 5.10 Å². The summed E-state index contributed by atoms with van der Waals surface area (Å²) in [5.41, 5.74) is 0. The Bertz CT molecular complexity index is 315. The highest BCUT2D eigenvalue weighted by atomic mass is 32.1. The lowest BCUT2D eigenvalue weighted by Gasteiger charge is -2.36. The average Bonchev–Trinajstić information content (AvgIpc) is 2.65. The maximum atomic E-state index is 13.2. The van der Waals surface area contributed by atoms with E-state index in [2.05, 4.69) is 9.59 Å². The lowest BCUT2D eigenvalue weighted by Crippen LogP contribution is -2.45. The largest absolute Gasteiger partial charge is 0.297 e. The van der Waals surface area contributed by atoms with Crippen LogP contribution in [0, 0.1) is 5.92 Å². The SMILES string of the molecule is CC1CN(Cc2cnns2)CCC1(F)F. The first-order chi connectivity index (χ1) is 7.08. The van der Waals surface area contributed by atoms with Gasteiger partial charge in [0.1, 0.15) is 0 Å². The van der Waals surface area contributed by atoms with Crippen molar-refractivity contribution in [3.05, 3.63) is 11.1 Å². The molecule has 84 valence electrons. The van der Waals surface area contributed by atoms with Crippen LogP contribution in [0.25, 0.3) is 0 Å². The number of rotatable bonds is 2. The number of alkyl halides is 2. The van der Waals surface area contributed by atoms with Gasteiger partial charge in [-0.3, -0.25) is 4.90 Å². The molecule has 2 rings (SSSR count). The normalized spacial score (nSPS) is 26.7. The fraction of sp³-hybridized carbons (Fsp3) is 0.778. The number of halogens is 2. The summed E-state index contributed by atoms with van der Waals surface area (Å²) >= 11 is 1.33. The molecule has 1 aliphatic rings. The van der Waals surface area contributed by atoms with Crippen LogP contribution < -0.4 is 0 Å². The van der Waals surface area contributed by atoms with Crippen LogP contribution in [0.15, 0.2) is 6.20 Å². The summed E-state index contributed by atoms with van der Waals surface area (Å²) in [6, 6.07) is 0. The van der Waals surface area contributed by atoms with Crippen LogP contribution in [0.2, 0.25) is 0 Å². The van der Waals surface area contributed by atoms with Crippen molar-refractivity contribution < 1.29 is 8.78 Å². The van der Waals surface area contributed by atoms with Gasteiger partial charge in [0.25, 0.3) is 5.92 Å². The Balaban J connectivity index is 1.92. The van der Waals surface area contributed by atoms with E-state index in [1.807, 2.05) is 4.90 Å². The third kappa shape index (κ3) is 2.49. The van der Waals surface area contributed by atoms with E-state index in [1.54, 1.807) is 13.1 Å². The third-order valence-electron chi connectivity index (χ3n) is 2.80. The third-order valence-corrected chi connectivity index (χ3v) is 3.45. The number of hydrogen-bond acceptors (Lipinski definition) is 4. The van der Waals surface area contributed by atoms with Gasteiger partial charge in [-0.2, -0.15) is 0 Å². The van der Waals surface area contributed by atoms with Gasteiger partial charge in [0.2, 0.25) is 0 Å². The van der Waals surface area contributed by atoms with Crippen molar-refractivity contribution in [2.45, 2.75) is 25.8 Å². The van der Waals surface area contributed by atoms with Crippen LogP contribution in [0.3, 0.4) is 0 Å². The molecule has 3 nitrogen and oxygen atoms in total. The van der Waals surface area contributed by atoms with E-state index in [9.17, 15) is 8.78 Å². The number of nitrogens with zero attached hydrogens (tertiary/aromatic N) is 3. The molecule has 1 fully saturated rings. The molecule has 2 heterocycles. The first kappa shape index (κ1) is 10.9. The standard InChI is InChI=1S/C9H13F2N3S/c1-7-5-14(3-2-9(7,10)11)6-8-4-12-13-15-8/h4,7H,2-3,5-6H2,1H3. The summed E-state index contributed by atoms with van der Waals surface area (Å²) in [6.07, 6.45) is 1.66. The lowest BCUT2D eigenvalue weighted by atomic mass is 9.95. The van der Waals surface area contributed by atoms with Crippen LogP contribution in [0.4, 0.5) is 8.78 Å². The van der Waals surface area contributed by atoms with Crippen LogP contribution in [-0.2, 0) is 6.54 Å². The Hall–Kier alpha value is -0.620. The number of piperidine rings is 1. The molecular weight excluding hydrogens is 220 g/mol. The highest BCUT2D eigenvalue weighted by Gasteiger charge is 2.40. The first-order valence-corrected chi connectivity index (χ1v) is 5.71. The van der Waals surface area contributed by atoms with E-state index in [1.165, 1.54) is 11.5 Å². The maximum absolute atomic E-state index is 13.2. The summed E-state index contributed by atoms with van der Waals surface area (Å²) in [7, 11) is 0. The van der Waals surface area contributed by atoms with Gasteiger partial charge >= 0.3 is 0 Å². The minimum absolute atomic E-state index is 0.0413. The summed E-state index contributed by atoms with van der Waals surface area (Å²) in [5, 5.41) is 3.73. The molecule has 1 saturated heterocycles. The zero-order valence-electron chi connectivity index (χ0n) is 8.49. The zero-order chi connectivity index (χ0) is 10.9. The summed E-state index contributed by atoms with van der Waals surface area (Å²) in [4.78, 5) is 3.07. The maximum Gasteiger partial charge on any atom is 0.253 e. The molecule has 1 aliphatic heterocycles. The van der Waals surface area contributed by atoms with E-state index in [0.717, 1.165) is 4.88 Å².